The summed E-state index contributed by atoms with van der Waals surface area (Å²) in [6.45, 7) is 2.10. The van der Waals surface area contributed by atoms with Gasteiger partial charge in [0.2, 0.25) is 0 Å². The van der Waals surface area contributed by atoms with Crippen LogP contribution in [0.3, 0.4) is 0 Å². The van der Waals surface area contributed by atoms with E-state index >= 15 is 0 Å². The molecule has 4 aromatic rings. The molecule has 0 radical (unpaired) electrons. The topological polar surface area (TPSA) is 14.2 Å². The largest absolute Gasteiger partial charge is 0.453 e. The predicted molar refractivity (Wildman–Crippen MR) is 85.6 cm³/mol. The lowest BCUT2D eigenvalue weighted by molar-refractivity contribution is 0.473. The molecule has 0 saturated carbocycles. The van der Waals surface area contributed by atoms with Crippen molar-refractivity contribution in [3.8, 4) is 17.2 Å². The molecule has 0 bridgehead atoms. The second-order valence-corrected chi connectivity index (χ2v) is 5.53. The van der Waals surface area contributed by atoms with Crippen molar-refractivity contribution >= 4 is 21.8 Å². The number of para-hydroxylation sites is 3. The Labute approximate surface area is 122 Å². The minimum atomic E-state index is 0.918. The van der Waals surface area contributed by atoms with Crippen molar-refractivity contribution < 1.29 is 4.74 Å². The fourth-order valence-electron chi connectivity index (χ4n) is 3.35. The maximum absolute atomic E-state index is 6.19. The van der Waals surface area contributed by atoms with Gasteiger partial charge < -0.3 is 9.30 Å². The van der Waals surface area contributed by atoms with Gasteiger partial charge in [0.1, 0.15) is 0 Å². The lowest BCUT2D eigenvalue weighted by Gasteiger charge is -2.22. The number of fused-ring (bicyclic) bond motifs is 5. The van der Waals surface area contributed by atoms with Crippen LogP contribution in [0.1, 0.15) is 5.56 Å². The third-order valence-electron chi connectivity index (χ3n) is 4.31. The highest BCUT2D eigenvalue weighted by Crippen LogP contribution is 2.46. The molecule has 5 rings (SSSR count). The van der Waals surface area contributed by atoms with Crippen molar-refractivity contribution in [2.24, 2.45) is 0 Å². The van der Waals surface area contributed by atoms with Gasteiger partial charge in [0.05, 0.1) is 16.7 Å². The van der Waals surface area contributed by atoms with E-state index in [1.165, 1.54) is 27.4 Å². The summed E-state index contributed by atoms with van der Waals surface area (Å²) in [5, 5.41) is 2.52. The average molecular weight is 271 g/mol. The Morgan fingerprint density at radius 2 is 1.62 bits per heavy atom. The molecule has 21 heavy (non-hydrogen) atoms. The number of aromatic nitrogens is 1. The number of nitrogens with zero attached hydrogens (tertiary/aromatic N) is 1. The van der Waals surface area contributed by atoms with E-state index in [4.69, 9.17) is 4.74 Å². The van der Waals surface area contributed by atoms with E-state index in [1.54, 1.807) is 0 Å². The van der Waals surface area contributed by atoms with E-state index < -0.39 is 0 Å². The lowest BCUT2D eigenvalue weighted by Crippen LogP contribution is -2.04. The summed E-state index contributed by atoms with van der Waals surface area (Å²) in [6, 6.07) is 21.1. The number of rotatable bonds is 0. The van der Waals surface area contributed by atoms with Crippen molar-refractivity contribution in [1.82, 2.24) is 4.57 Å². The van der Waals surface area contributed by atoms with Crippen LogP contribution in [0.5, 0.6) is 11.5 Å². The molecule has 0 atom stereocenters. The Bertz CT molecular complexity index is 1030. The van der Waals surface area contributed by atoms with Crippen LogP contribution in [0.2, 0.25) is 0 Å². The van der Waals surface area contributed by atoms with Gasteiger partial charge in [-0.05, 0) is 30.7 Å². The number of hydrogen-bond donors (Lipinski definition) is 0. The molecule has 0 fully saturated rings. The van der Waals surface area contributed by atoms with Crippen molar-refractivity contribution in [3.63, 3.8) is 0 Å². The maximum Gasteiger partial charge on any atom is 0.155 e. The Morgan fingerprint density at radius 1 is 0.810 bits per heavy atom. The second kappa shape index (κ2) is 3.67. The van der Waals surface area contributed by atoms with Crippen molar-refractivity contribution in [3.05, 3.63) is 66.2 Å². The molecular weight excluding hydrogens is 258 g/mol. The summed E-state index contributed by atoms with van der Waals surface area (Å²) in [7, 11) is 0. The summed E-state index contributed by atoms with van der Waals surface area (Å²) >= 11 is 0. The first-order valence-corrected chi connectivity index (χ1v) is 7.14. The van der Waals surface area contributed by atoms with Gasteiger partial charge in [0.25, 0.3) is 0 Å². The molecular formula is C19H13NO. The predicted octanol–water partition coefficient (Wildman–Crippen LogP) is 5.20. The fourth-order valence-corrected chi connectivity index (χ4v) is 3.35. The smallest absolute Gasteiger partial charge is 0.155 e. The molecule has 0 amide bonds. The molecule has 0 N–H and O–H groups in total. The van der Waals surface area contributed by atoms with E-state index in [9.17, 15) is 0 Å². The zero-order valence-electron chi connectivity index (χ0n) is 11.6. The first kappa shape index (κ1) is 11.0. The highest BCUT2D eigenvalue weighted by Gasteiger charge is 2.24. The van der Waals surface area contributed by atoms with Crippen molar-refractivity contribution in [1.29, 1.82) is 0 Å². The molecule has 0 unspecified atom stereocenters. The normalized spacial score (nSPS) is 12.4. The van der Waals surface area contributed by atoms with Crippen LogP contribution in [0.4, 0.5) is 0 Å². The second-order valence-electron chi connectivity index (χ2n) is 5.53. The van der Waals surface area contributed by atoms with Crippen LogP contribution < -0.4 is 4.74 Å². The third kappa shape index (κ3) is 1.27. The number of hydrogen-bond acceptors (Lipinski definition) is 1. The Morgan fingerprint density at radius 3 is 2.57 bits per heavy atom. The molecule has 1 aromatic heterocycles. The number of aryl methyl sites for hydroxylation is 1. The molecule has 2 heteroatoms. The van der Waals surface area contributed by atoms with Crippen molar-refractivity contribution in [2.45, 2.75) is 6.92 Å². The van der Waals surface area contributed by atoms with Gasteiger partial charge in [0.15, 0.2) is 11.5 Å². The van der Waals surface area contributed by atoms with Crippen LogP contribution >= 0.6 is 0 Å². The highest BCUT2D eigenvalue weighted by atomic mass is 16.5. The van der Waals surface area contributed by atoms with Crippen LogP contribution in [0.25, 0.3) is 27.5 Å². The summed E-state index contributed by atoms with van der Waals surface area (Å²) in [5.41, 5.74) is 4.69. The monoisotopic (exact) mass is 271 g/mol. The van der Waals surface area contributed by atoms with Gasteiger partial charge in [-0.1, -0.05) is 42.5 Å². The minimum Gasteiger partial charge on any atom is -0.453 e. The van der Waals surface area contributed by atoms with Gasteiger partial charge in [0, 0.05) is 10.8 Å². The van der Waals surface area contributed by atoms with E-state index in [0.29, 0.717) is 0 Å². The zero-order chi connectivity index (χ0) is 14.0. The molecule has 0 spiro atoms. The van der Waals surface area contributed by atoms with Crippen LogP contribution in [-0.4, -0.2) is 4.57 Å². The summed E-state index contributed by atoms with van der Waals surface area (Å²) in [4.78, 5) is 0. The summed E-state index contributed by atoms with van der Waals surface area (Å²) in [6.07, 6.45) is 0. The molecule has 0 saturated heterocycles. The Kier molecular flexibility index (Phi) is 1.92. The van der Waals surface area contributed by atoms with Crippen LogP contribution in [-0.2, 0) is 0 Å². The molecule has 1 aliphatic rings. The summed E-state index contributed by atoms with van der Waals surface area (Å²) in [5.74, 6) is 1.89. The minimum absolute atomic E-state index is 0.918. The van der Waals surface area contributed by atoms with Crippen molar-refractivity contribution in [2.75, 3.05) is 0 Å². The molecule has 0 aliphatic carbocycles. The van der Waals surface area contributed by atoms with Gasteiger partial charge in [-0.15, -0.1) is 0 Å². The van der Waals surface area contributed by atoms with E-state index in [2.05, 4.69) is 60.0 Å². The fraction of sp³-hybridized carbons (Fsp3) is 0.0526. The first-order chi connectivity index (χ1) is 10.3. The number of benzene rings is 3. The van der Waals surface area contributed by atoms with Crippen LogP contribution in [0.15, 0.2) is 60.7 Å². The van der Waals surface area contributed by atoms with Gasteiger partial charge in [-0.2, -0.15) is 0 Å². The highest BCUT2D eigenvalue weighted by molar-refractivity contribution is 6.12. The molecule has 3 aromatic carbocycles. The van der Waals surface area contributed by atoms with Gasteiger partial charge in [-0.3, -0.25) is 0 Å². The van der Waals surface area contributed by atoms with Gasteiger partial charge >= 0.3 is 0 Å². The lowest BCUT2D eigenvalue weighted by atomic mass is 10.1. The summed E-state index contributed by atoms with van der Waals surface area (Å²) < 4.78 is 8.51. The quantitative estimate of drug-likeness (QED) is 0.377. The molecule has 100 valence electrons. The van der Waals surface area contributed by atoms with Crippen LogP contribution in [0, 0.1) is 6.92 Å². The molecule has 2 nitrogen and oxygen atoms in total. The first-order valence-electron chi connectivity index (χ1n) is 7.14. The zero-order valence-corrected chi connectivity index (χ0v) is 11.6. The van der Waals surface area contributed by atoms with E-state index in [0.717, 1.165) is 17.2 Å². The standard InChI is InChI=1S/C19H13NO/c1-12-10-11-14-13-6-2-3-7-15(13)20-16-8-4-5-9-17(16)21-19(12)18(14)20/h2-11H,1H3. The molecule has 2 heterocycles. The number of ether oxygens (including phenoxy) is 1. The maximum atomic E-state index is 6.19. The molecule has 1 aliphatic heterocycles. The Hall–Kier alpha value is -2.74. The Balaban J connectivity index is 2.13. The van der Waals surface area contributed by atoms with E-state index in [1.807, 2.05) is 12.1 Å². The van der Waals surface area contributed by atoms with Gasteiger partial charge in [-0.25, -0.2) is 0 Å². The SMILES string of the molecule is Cc1ccc2c3ccccc3n3c2c1Oc1ccccc1-3. The average Bonchev–Trinajstić information content (AvgIpc) is 2.87. The third-order valence-corrected chi connectivity index (χ3v) is 4.31. The van der Waals surface area contributed by atoms with E-state index in [-0.39, 0.29) is 0 Å².